The Hall–Kier alpha value is -1.46. The number of fused-ring (bicyclic) bond motifs is 1. The Kier molecular flexibility index (Phi) is 3.71. The van der Waals surface area contributed by atoms with Crippen molar-refractivity contribution in [2.45, 2.75) is 6.92 Å². The van der Waals surface area contributed by atoms with E-state index in [0.29, 0.717) is 15.6 Å². The van der Waals surface area contributed by atoms with E-state index in [9.17, 15) is 9.18 Å². The second-order valence-corrected chi connectivity index (χ2v) is 6.47. The maximum absolute atomic E-state index is 13.1. The van der Waals surface area contributed by atoms with Crippen LogP contribution < -0.4 is 0 Å². The number of hydrogen-bond donors (Lipinski definition) is 0. The van der Waals surface area contributed by atoms with Gasteiger partial charge >= 0.3 is 0 Å². The van der Waals surface area contributed by atoms with E-state index in [1.165, 1.54) is 18.2 Å². The molecule has 21 heavy (non-hydrogen) atoms. The zero-order valence-electron chi connectivity index (χ0n) is 10.9. The average molecular weight is 412 g/mol. The fourth-order valence-corrected chi connectivity index (χ4v) is 3.32. The first-order valence-corrected chi connectivity index (χ1v) is 7.74. The summed E-state index contributed by atoms with van der Waals surface area (Å²) in [5, 5.41) is 0.850. The largest absolute Gasteiger partial charge is 0.452 e. The number of ketones is 1. The fourth-order valence-electron chi connectivity index (χ4n) is 2.20. The van der Waals surface area contributed by atoms with Crippen molar-refractivity contribution in [3.05, 3.63) is 68.0 Å². The minimum absolute atomic E-state index is 0.235. The van der Waals surface area contributed by atoms with Crippen LogP contribution in [0.2, 0.25) is 0 Å². The summed E-state index contributed by atoms with van der Waals surface area (Å²) in [6.45, 7) is 1.92. The summed E-state index contributed by atoms with van der Waals surface area (Å²) in [5.74, 6) is -0.449. The zero-order valence-corrected chi connectivity index (χ0v) is 14.1. The molecular weight excluding hydrogens is 403 g/mol. The van der Waals surface area contributed by atoms with E-state index < -0.39 is 5.82 Å². The lowest BCUT2D eigenvalue weighted by atomic mass is 10.1. The van der Waals surface area contributed by atoms with Gasteiger partial charge in [-0.2, -0.15) is 0 Å². The van der Waals surface area contributed by atoms with Gasteiger partial charge in [0.25, 0.3) is 0 Å². The van der Waals surface area contributed by atoms with Crippen molar-refractivity contribution in [3.63, 3.8) is 0 Å². The molecule has 0 aliphatic heterocycles. The second-order valence-electron chi connectivity index (χ2n) is 4.70. The molecule has 0 unspecified atom stereocenters. The summed E-state index contributed by atoms with van der Waals surface area (Å²) in [6, 6.07) is 9.47. The number of furan rings is 1. The van der Waals surface area contributed by atoms with Gasteiger partial charge in [-0.3, -0.25) is 4.79 Å². The number of carbonyl (C=O) groups is 1. The molecule has 0 atom stereocenters. The van der Waals surface area contributed by atoms with Crippen molar-refractivity contribution < 1.29 is 13.6 Å². The number of halogens is 3. The molecule has 0 radical (unpaired) electrons. The number of aryl methyl sites for hydroxylation is 1. The summed E-state index contributed by atoms with van der Waals surface area (Å²) in [6.07, 6.45) is 0. The first kappa shape index (κ1) is 14.5. The number of carbonyl (C=O) groups excluding carboxylic acids is 1. The summed E-state index contributed by atoms with van der Waals surface area (Å²) in [7, 11) is 0. The van der Waals surface area contributed by atoms with Crippen LogP contribution in [0.1, 0.15) is 21.7 Å². The van der Waals surface area contributed by atoms with Crippen molar-refractivity contribution in [2.24, 2.45) is 0 Å². The number of hydrogen-bond acceptors (Lipinski definition) is 2. The van der Waals surface area contributed by atoms with Crippen molar-refractivity contribution >= 4 is 48.6 Å². The van der Waals surface area contributed by atoms with Crippen molar-refractivity contribution in [3.8, 4) is 0 Å². The molecule has 3 aromatic rings. The molecule has 0 bridgehead atoms. The molecule has 0 saturated carbocycles. The van der Waals surface area contributed by atoms with Crippen LogP contribution in [-0.4, -0.2) is 5.78 Å². The Balaban J connectivity index is 2.11. The van der Waals surface area contributed by atoms with Crippen LogP contribution in [0.3, 0.4) is 0 Å². The SMILES string of the molecule is Cc1cc(Br)cc2cc(C(=O)c3ccc(F)cc3Br)oc12. The van der Waals surface area contributed by atoms with Crippen LogP contribution in [0.4, 0.5) is 4.39 Å². The van der Waals surface area contributed by atoms with Gasteiger partial charge in [0.2, 0.25) is 5.78 Å². The maximum Gasteiger partial charge on any atom is 0.229 e. The van der Waals surface area contributed by atoms with Crippen LogP contribution in [0.25, 0.3) is 11.0 Å². The highest BCUT2D eigenvalue weighted by Gasteiger charge is 2.18. The van der Waals surface area contributed by atoms with Gasteiger partial charge in [0, 0.05) is 19.9 Å². The molecule has 0 aliphatic rings. The quantitative estimate of drug-likeness (QED) is 0.511. The minimum Gasteiger partial charge on any atom is -0.452 e. The highest BCUT2D eigenvalue weighted by molar-refractivity contribution is 9.10. The zero-order chi connectivity index (χ0) is 15.1. The summed E-state index contributed by atoms with van der Waals surface area (Å²) < 4.78 is 20.1. The van der Waals surface area contributed by atoms with E-state index >= 15 is 0 Å². The van der Waals surface area contributed by atoms with E-state index in [0.717, 1.165) is 15.4 Å². The normalized spacial score (nSPS) is 11.0. The second kappa shape index (κ2) is 5.39. The molecule has 0 aliphatic carbocycles. The molecule has 2 nitrogen and oxygen atoms in total. The lowest BCUT2D eigenvalue weighted by Gasteiger charge is -2.01. The lowest BCUT2D eigenvalue weighted by molar-refractivity contribution is 0.101. The van der Waals surface area contributed by atoms with Gasteiger partial charge < -0.3 is 4.42 Å². The smallest absolute Gasteiger partial charge is 0.229 e. The van der Waals surface area contributed by atoms with E-state index in [2.05, 4.69) is 31.9 Å². The van der Waals surface area contributed by atoms with E-state index in [-0.39, 0.29) is 11.5 Å². The molecule has 0 saturated heterocycles. The molecular formula is C16H9Br2FO2. The van der Waals surface area contributed by atoms with Gasteiger partial charge in [0.15, 0.2) is 5.76 Å². The van der Waals surface area contributed by atoms with E-state index in [4.69, 9.17) is 4.42 Å². The summed E-state index contributed by atoms with van der Waals surface area (Å²) >= 11 is 6.62. The molecule has 0 spiro atoms. The lowest BCUT2D eigenvalue weighted by Crippen LogP contribution is -2.00. The Morgan fingerprint density at radius 1 is 1.14 bits per heavy atom. The van der Waals surface area contributed by atoms with Crippen LogP contribution in [-0.2, 0) is 0 Å². The predicted octanol–water partition coefficient (Wildman–Crippen LogP) is 5.64. The van der Waals surface area contributed by atoms with Crippen molar-refractivity contribution in [1.82, 2.24) is 0 Å². The van der Waals surface area contributed by atoms with Crippen LogP contribution in [0.15, 0.2) is 49.8 Å². The molecule has 0 fully saturated rings. The molecule has 1 aromatic heterocycles. The van der Waals surface area contributed by atoms with Gasteiger partial charge in [-0.05, 0) is 64.8 Å². The third-order valence-electron chi connectivity index (χ3n) is 3.17. The molecule has 2 aromatic carbocycles. The van der Waals surface area contributed by atoms with Gasteiger partial charge in [-0.15, -0.1) is 0 Å². The predicted molar refractivity (Wildman–Crippen MR) is 86.2 cm³/mol. The monoisotopic (exact) mass is 410 g/mol. The Bertz CT molecular complexity index is 868. The van der Waals surface area contributed by atoms with E-state index in [1.54, 1.807) is 6.07 Å². The molecule has 1 heterocycles. The first-order valence-electron chi connectivity index (χ1n) is 6.15. The summed E-state index contributed by atoms with van der Waals surface area (Å²) in [5.41, 5.74) is 1.99. The van der Waals surface area contributed by atoms with Gasteiger partial charge in [0.05, 0.1) is 0 Å². The molecule has 5 heteroatoms. The third kappa shape index (κ3) is 2.68. The molecule has 106 valence electrons. The van der Waals surface area contributed by atoms with Crippen LogP contribution >= 0.6 is 31.9 Å². The highest BCUT2D eigenvalue weighted by Crippen LogP contribution is 2.29. The maximum atomic E-state index is 13.1. The third-order valence-corrected chi connectivity index (χ3v) is 4.28. The number of rotatable bonds is 2. The van der Waals surface area contributed by atoms with E-state index in [1.807, 2.05) is 19.1 Å². The average Bonchev–Trinajstić information content (AvgIpc) is 2.82. The van der Waals surface area contributed by atoms with Crippen molar-refractivity contribution in [2.75, 3.05) is 0 Å². The fraction of sp³-hybridized carbons (Fsp3) is 0.0625. The summed E-state index contributed by atoms with van der Waals surface area (Å²) in [4.78, 5) is 12.5. The van der Waals surface area contributed by atoms with Gasteiger partial charge in [0.1, 0.15) is 11.4 Å². The Labute approximate surface area is 137 Å². The Morgan fingerprint density at radius 2 is 1.90 bits per heavy atom. The molecule has 0 N–H and O–H groups in total. The Morgan fingerprint density at radius 3 is 2.62 bits per heavy atom. The minimum atomic E-state index is -0.400. The number of benzene rings is 2. The van der Waals surface area contributed by atoms with Gasteiger partial charge in [-0.25, -0.2) is 4.39 Å². The van der Waals surface area contributed by atoms with Crippen LogP contribution in [0.5, 0.6) is 0 Å². The molecule has 3 rings (SSSR count). The first-order chi connectivity index (χ1) is 9.95. The van der Waals surface area contributed by atoms with Crippen molar-refractivity contribution in [1.29, 1.82) is 0 Å². The topological polar surface area (TPSA) is 30.2 Å². The highest BCUT2D eigenvalue weighted by atomic mass is 79.9. The molecule has 0 amide bonds. The van der Waals surface area contributed by atoms with Crippen LogP contribution in [0, 0.1) is 12.7 Å². The standard InChI is InChI=1S/C16H9Br2FO2/c1-8-4-10(17)5-9-6-14(21-16(8)9)15(20)12-3-2-11(19)7-13(12)18/h2-7H,1H3. The van der Waals surface area contributed by atoms with Gasteiger partial charge in [-0.1, -0.05) is 15.9 Å².